The quantitative estimate of drug-likeness (QED) is 0.827. The first-order chi connectivity index (χ1) is 9.04. The van der Waals surface area contributed by atoms with Crippen LogP contribution in [0.5, 0.6) is 5.75 Å². The molecule has 0 spiro atoms. The van der Waals surface area contributed by atoms with Crippen molar-refractivity contribution in [2.24, 2.45) is 0 Å². The summed E-state index contributed by atoms with van der Waals surface area (Å²) < 4.78 is 5.02. The zero-order chi connectivity index (χ0) is 14.3. The van der Waals surface area contributed by atoms with Crippen LogP contribution < -0.4 is 9.64 Å². The highest BCUT2D eigenvalue weighted by Crippen LogP contribution is 2.19. The fourth-order valence-corrected chi connectivity index (χ4v) is 1.79. The zero-order valence-electron chi connectivity index (χ0n) is 11.0. The summed E-state index contributed by atoms with van der Waals surface area (Å²) in [7, 11) is 1.72. The van der Waals surface area contributed by atoms with Crippen molar-refractivity contribution in [2.75, 3.05) is 30.6 Å². The van der Waals surface area contributed by atoms with E-state index in [1.165, 1.54) is 0 Å². The number of ether oxygens (including phenoxy) is 1. The molecule has 0 atom stereocenters. The van der Waals surface area contributed by atoms with E-state index in [4.69, 9.17) is 9.84 Å². The maximum absolute atomic E-state index is 11.8. The van der Waals surface area contributed by atoms with E-state index in [2.05, 4.69) is 0 Å². The number of amides is 1. The number of anilines is 1. The molecular weight excluding hydrogens is 266 g/mol. The van der Waals surface area contributed by atoms with E-state index in [1.807, 2.05) is 6.26 Å². The first-order valence-electron chi connectivity index (χ1n) is 5.74. The fraction of sp³-hybridized carbons (Fsp3) is 0.385. The van der Waals surface area contributed by atoms with Gasteiger partial charge in [-0.2, -0.15) is 11.8 Å². The molecule has 1 rings (SSSR count). The molecule has 0 heterocycles. The lowest BCUT2D eigenvalue weighted by molar-refractivity contribution is -0.139. The van der Waals surface area contributed by atoms with E-state index >= 15 is 0 Å². The minimum atomic E-state index is -1.02. The van der Waals surface area contributed by atoms with Crippen molar-refractivity contribution in [1.82, 2.24) is 0 Å². The van der Waals surface area contributed by atoms with Gasteiger partial charge >= 0.3 is 5.97 Å². The van der Waals surface area contributed by atoms with Gasteiger partial charge in [0.05, 0.1) is 0 Å². The van der Waals surface area contributed by atoms with Crippen LogP contribution in [-0.2, 0) is 9.59 Å². The Bertz CT molecular complexity index is 433. The Hall–Kier alpha value is -1.69. The third kappa shape index (κ3) is 5.21. The monoisotopic (exact) mass is 283 g/mol. The topological polar surface area (TPSA) is 66.8 Å². The van der Waals surface area contributed by atoms with Crippen molar-refractivity contribution in [2.45, 2.75) is 6.42 Å². The van der Waals surface area contributed by atoms with Gasteiger partial charge in [-0.25, -0.2) is 4.79 Å². The zero-order valence-corrected chi connectivity index (χ0v) is 11.8. The summed E-state index contributed by atoms with van der Waals surface area (Å²) in [5, 5.41) is 8.49. The maximum atomic E-state index is 11.8. The molecular formula is C13H17NO4S. The van der Waals surface area contributed by atoms with E-state index in [-0.39, 0.29) is 12.5 Å². The number of nitrogens with zero attached hydrogens (tertiary/aromatic N) is 1. The van der Waals surface area contributed by atoms with Gasteiger partial charge in [0.15, 0.2) is 6.61 Å². The first kappa shape index (κ1) is 15.4. The largest absolute Gasteiger partial charge is 0.482 e. The molecule has 0 fully saturated rings. The average Bonchev–Trinajstić information content (AvgIpc) is 2.42. The maximum Gasteiger partial charge on any atom is 0.341 e. The molecule has 1 aromatic carbocycles. The fourth-order valence-electron chi connectivity index (χ4n) is 1.41. The summed E-state index contributed by atoms with van der Waals surface area (Å²) in [4.78, 5) is 23.7. The third-order valence-electron chi connectivity index (χ3n) is 2.48. The predicted molar refractivity (Wildman–Crippen MR) is 76.0 cm³/mol. The lowest BCUT2D eigenvalue weighted by atomic mass is 10.2. The van der Waals surface area contributed by atoms with Gasteiger partial charge in [-0.15, -0.1) is 0 Å². The van der Waals surface area contributed by atoms with Gasteiger partial charge < -0.3 is 14.7 Å². The lowest BCUT2D eigenvalue weighted by Crippen LogP contribution is -2.26. The van der Waals surface area contributed by atoms with Gasteiger partial charge in [0.25, 0.3) is 0 Å². The second-order valence-corrected chi connectivity index (χ2v) is 4.86. The van der Waals surface area contributed by atoms with Crippen molar-refractivity contribution >= 4 is 29.3 Å². The Morgan fingerprint density at radius 1 is 1.32 bits per heavy atom. The molecule has 6 heteroatoms. The summed E-state index contributed by atoms with van der Waals surface area (Å²) in [6.07, 6.45) is 2.46. The number of carbonyl (C=O) groups excluding carboxylic acids is 1. The molecule has 5 nitrogen and oxygen atoms in total. The lowest BCUT2D eigenvalue weighted by Gasteiger charge is -2.17. The Morgan fingerprint density at radius 3 is 2.47 bits per heavy atom. The average molecular weight is 283 g/mol. The second kappa shape index (κ2) is 7.68. The number of thioether (sulfide) groups is 1. The number of carboxylic acid groups (broad SMARTS) is 1. The molecule has 0 bridgehead atoms. The molecule has 0 aliphatic carbocycles. The molecule has 0 aromatic heterocycles. The van der Waals surface area contributed by atoms with Crippen LogP contribution in [0.3, 0.4) is 0 Å². The van der Waals surface area contributed by atoms with Crippen LogP contribution in [0, 0.1) is 0 Å². The highest BCUT2D eigenvalue weighted by molar-refractivity contribution is 7.98. The highest BCUT2D eigenvalue weighted by atomic mass is 32.2. The van der Waals surface area contributed by atoms with Crippen LogP contribution in [0.1, 0.15) is 6.42 Å². The standard InChI is InChI=1S/C13H17NO4S/c1-14(12(15)7-8-19-2)10-3-5-11(6-4-10)18-9-13(16)17/h3-6H,7-9H2,1-2H3,(H,16,17). The van der Waals surface area contributed by atoms with Gasteiger partial charge in [0, 0.05) is 24.9 Å². The van der Waals surface area contributed by atoms with Crippen LogP contribution in [0.15, 0.2) is 24.3 Å². The molecule has 104 valence electrons. The number of hydrogen-bond donors (Lipinski definition) is 1. The Kier molecular flexibility index (Phi) is 6.21. The normalized spacial score (nSPS) is 10.0. The summed E-state index contributed by atoms with van der Waals surface area (Å²) in [6, 6.07) is 6.76. The van der Waals surface area contributed by atoms with E-state index in [1.54, 1.807) is 48.0 Å². The predicted octanol–water partition coefficient (Wildman–Crippen LogP) is 1.87. The molecule has 19 heavy (non-hydrogen) atoms. The van der Waals surface area contributed by atoms with Gasteiger partial charge in [-0.05, 0) is 30.5 Å². The number of hydrogen-bond acceptors (Lipinski definition) is 4. The van der Waals surface area contributed by atoms with E-state index in [0.29, 0.717) is 12.2 Å². The Labute approximate surface area is 116 Å². The van der Waals surface area contributed by atoms with Crippen molar-refractivity contribution in [3.05, 3.63) is 24.3 Å². The minimum absolute atomic E-state index is 0.0496. The number of carboxylic acids is 1. The number of rotatable bonds is 7. The summed E-state index contributed by atoms with van der Waals surface area (Å²) >= 11 is 1.63. The van der Waals surface area contributed by atoms with E-state index in [0.717, 1.165) is 11.4 Å². The summed E-state index contributed by atoms with van der Waals surface area (Å²) in [6.45, 7) is -0.373. The molecule has 1 amide bonds. The smallest absolute Gasteiger partial charge is 0.341 e. The van der Waals surface area contributed by atoms with E-state index in [9.17, 15) is 9.59 Å². The molecule has 0 saturated heterocycles. The van der Waals surface area contributed by atoms with Crippen LogP contribution in [0.4, 0.5) is 5.69 Å². The molecule has 0 saturated carbocycles. The molecule has 0 aliphatic heterocycles. The molecule has 0 radical (unpaired) electrons. The van der Waals surface area contributed by atoms with Gasteiger partial charge in [0.2, 0.25) is 5.91 Å². The van der Waals surface area contributed by atoms with Gasteiger partial charge in [-0.3, -0.25) is 4.79 Å². The summed E-state index contributed by atoms with van der Waals surface area (Å²) in [5.74, 6) is 0.293. The molecule has 1 aromatic rings. The number of carbonyl (C=O) groups is 2. The molecule has 1 N–H and O–H groups in total. The van der Waals surface area contributed by atoms with Crippen molar-refractivity contribution in [3.8, 4) is 5.75 Å². The SMILES string of the molecule is CSCCC(=O)N(C)c1ccc(OCC(=O)O)cc1. The van der Waals surface area contributed by atoms with Gasteiger partial charge in [0.1, 0.15) is 5.75 Å². The first-order valence-corrected chi connectivity index (χ1v) is 7.14. The van der Waals surface area contributed by atoms with Crippen molar-refractivity contribution in [1.29, 1.82) is 0 Å². The van der Waals surface area contributed by atoms with E-state index < -0.39 is 5.97 Å². The third-order valence-corrected chi connectivity index (χ3v) is 3.09. The number of benzene rings is 1. The Morgan fingerprint density at radius 2 is 1.95 bits per heavy atom. The number of aliphatic carboxylic acids is 1. The van der Waals surface area contributed by atoms with Crippen molar-refractivity contribution in [3.63, 3.8) is 0 Å². The highest BCUT2D eigenvalue weighted by Gasteiger charge is 2.10. The van der Waals surface area contributed by atoms with Crippen molar-refractivity contribution < 1.29 is 19.4 Å². The van der Waals surface area contributed by atoms with Gasteiger partial charge in [-0.1, -0.05) is 0 Å². The van der Waals surface area contributed by atoms with Crippen LogP contribution in [0.25, 0.3) is 0 Å². The van der Waals surface area contributed by atoms with Crippen LogP contribution in [-0.4, -0.2) is 42.6 Å². The summed E-state index contributed by atoms with van der Waals surface area (Å²) in [5.41, 5.74) is 0.758. The van der Waals surface area contributed by atoms with Crippen LogP contribution in [0.2, 0.25) is 0 Å². The van der Waals surface area contributed by atoms with Crippen LogP contribution >= 0.6 is 11.8 Å². The Balaban J connectivity index is 2.59. The molecule has 0 aliphatic rings. The minimum Gasteiger partial charge on any atom is -0.482 e. The second-order valence-electron chi connectivity index (χ2n) is 3.87. The molecule has 0 unspecified atom stereocenters.